The number of ether oxygens (including phenoxy) is 3. The van der Waals surface area contributed by atoms with Crippen molar-refractivity contribution in [3.05, 3.63) is 24.3 Å². The Morgan fingerprint density at radius 1 is 0.306 bits per heavy atom. The van der Waals surface area contributed by atoms with Crippen LogP contribution < -0.4 is 0 Å². The molecule has 0 fully saturated rings. The summed E-state index contributed by atoms with van der Waals surface area (Å²) in [6.45, 7) is 6.64. The van der Waals surface area contributed by atoms with Crippen LogP contribution in [0, 0.1) is 0 Å². The molecule has 0 saturated heterocycles. The van der Waals surface area contributed by atoms with Crippen molar-refractivity contribution >= 4 is 17.9 Å². The maximum absolute atomic E-state index is 12.8. The first kappa shape index (κ1) is 59.9. The monoisotopic (exact) mass is 873 g/mol. The van der Waals surface area contributed by atoms with Crippen LogP contribution in [0.3, 0.4) is 0 Å². The maximum atomic E-state index is 12.8. The lowest BCUT2D eigenvalue weighted by Gasteiger charge is -2.18. The van der Waals surface area contributed by atoms with Gasteiger partial charge in [-0.05, 0) is 70.6 Å². The zero-order valence-corrected chi connectivity index (χ0v) is 41.7. The lowest BCUT2D eigenvalue weighted by atomic mass is 10.1. The van der Waals surface area contributed by atoms with Crippen molar-refractivity contribution in [1.29, 1.82) is 0 Å². The lowest BCUT2D eigenvalue weighted by molar-refractivity contribution is -0.167. The van der Waals surface area contributed by atoms with E-state index in [1.54, 1.807) is 0 Å². The third-order valence-corrected chi connectivity index (χ3v) is 12.2. The average molecular weight is 873 g/mol. The van der Waals surface area contributed by atoms with Gasteiger partial charge in [0.15, 0.2) is 6.10 Å². The second kappa shape index (κ2) is 51.5. The summed E-state index contributed by atoms with van der Waals surface area (Å²) >= 11 is 0. The Labute approximate surface area is 385 Å². The molecule has 62 heavy (non-hydrogen) atoms. The number of rotatable bonds is 50. The summed E-state index contributed by atoms with van der Waals surface area (Å²) < 4.78 is 16.8. The number of carbonyl (C=O) groups excluding carboxylic acids is 3. The van der Waals surface area contributed by atoms with Crippen LogP contribution >= 0.6 is 0 Å². The van der Waals surface area contributed by atoms with Gasteiger partial charge in [-0.1, -0.05) is 231 Å². The molecule has 0 amide bonds. The molecule has 0 spiro atoms. The normalized spacial score (nSPS) is 12.1. The number of unbranched alkanes of at least 4 members (excludes halogenated alkanes) is 35. The maximum Gasteiger partial charge on any atom is 0.306 e. The van der Waals surface area contributed by atoms with Gasteiger partial charge in [-0.2, -0.15) is 0 Å². The van der Waals surface area contributed by atoms with Gasteiger partial charge in [0.1, 0.15) is 13.2 Å². The van der Waals surface area contributed by atoms with Crippen molar-refractivity contribution in [2.45, 2.75) is 303 Å². The van der Waals surface area contributed by atoms with Gasteiger partial charge >= 0.3 is 17.9 Å². The molecule has 0 heterocycles. The molecule has 0 rings (SSSR count). The van der Waals surface area contributed by atoms with E-state index in [0.29, 0.717) is 19.3 Å². The van der Waals surface area contributed by atoms with Gasteiger partial charge in [-0.25, -0.2) is 0 Å². The molecule has 6 heteroatoms. The fourth-order valence-electron chi connectivity index (χ4n) is 8.02. The Morgan fingerprint density at radius 2 is 0.532 bits per heavy atom. The average Bonchev–Trinajstić information content (AvgIpc) is 3.27. The van der Waals surface area contributed by atoms with Gasteiger partial charge in [-0.15, -0.1) is 0 Å². The number of esters is 3. The first-order valence-corrected chi connectivity index (χ1v) is 27.3. The summed E-state index contributed by atoms with van der Waals surface area (Å²) in [5, 5.41) is 0. The Kier molecular flexibility index (Phi) is 49.8. The highest BCUT2D eigenvalue weighted by Gasteiger charge is 2.19. The molecule has 0 radical (unpaired) electrons. The molecule has 364 valence electrons. The third-order valence-electron chi connectivity index (χ3n) is 12.2. The van der Waals surface area contributed by atoms with Crippen molar-refractivity contribution in [2.24, 2.45) is 0 Å². The van der Waals surface area contributed by atoms with Crippen molar-refractivity contribution in [2.75, 3.05) is 13.2 Å². The second-order valence-corrected chi connectivity index (χ2v) is 18.5. The van der Waals surface area contributed by atoms with Crippen LogP contribution in [0.25, 0.3) is 0 Å². The van der Waals surface area contributed by atoms with E-state index in [9.17, 15) is 14.4 Å². The highest BCUT2D eigenvalue weighted by molar-refractivity contribution is 5.71. The van der Waals surface area contributed by atoms with Crippen LogP contribution in [0.15, 0.2) is 24.3 Å². The van der Waals surface area contributed by atoms with E-state index in [1.165, 1.54) is 193 Å². The third kappa shape index (κ3) is 48.9. The van der Waals surface area contributed by atoms with Crippen molar-refractivity contribution in [1.82, 2.24) is 0 Å². The van der Waals surface area contributed by atoms with Crippen LogP contribution in [0.4, 0.5) is 0 Å². The fraction of sp³-hybridized carbons (Fsp3) is 0.875. The van der Waals surface area contributed by atoms with Crippen LogP contribution in [0.5, 0.6) is 0 Å². The lowest BCUT2D eigenvalue weighted by Crippen LogP contribution is -2.30. The Bertz CT molecular complexity index is 1000. The largest absolute Gasteiger partial charge is 0.462 e. The summed E-state index contributed by atoms with van der Waals surface area (Å²) in [4.78, 5) is 37.9. The SMILES string of the molecule is CCCCCCCC/C=C\CCCCCCCCCC(=O)OC(COC(=O)CCCCCCC/C=C\CCCCCCCCCCC)COC(=O)CCCCCCCCCCC. The molecule has 0 N–H and O–H groups in total. The van der Waals surface area contributed by atoms with E-state index in [4.69, 9.17) is 14.2 Å². The Hall–Kier alpha value is -2.11. The van der Waals surface area contributed by atoms with Crippen molar-refractivity contribution in [3.63, 3.8) is 0 Å². The summed E-state index contributed by atoms with van der Waals surface area (Å²) in [7, 11) is 0. The van der Waals surface area contributed by atoms with Gasteiger partial charge in [0.2, 0.25) is 0 Å². The molecule has 6 nitrogen and oxygen atoms in total. The van der Waals surface area contributed by atoms with Crippen molar-refractivity contribution in [3.8, 4) is 0 Å². The number of hydrogen-bond acceptors (Lipinski definition) is 6. The summed E-state index contributed by atoms with van der Waals surface area (Å²) in [5.41, 5.74) is 0. The molecule has 0 bridgehead atoms. The van der Waals surface area contributed by atoms with Gasteiger partial charge < -0.3 is 14.2 Å². The molecule has 0 saturated carbocycles. The summed E-state index contributed by atoms with van der Waals surface area (Å²) in [5.74, 6) is -0.874. The van der Waals surface area contributed by atoms with E-state index in [1.807, 2.05) is 0 Å². The predicted octanol–water partition coefficient (Wildman–Crippen LogP) is 17.9. The quantitative estimate of drug-likeness (QED) is 0.0262. The summed E-state index contributed by atoms with van der Waals surface area (Å²) in [6, 6.07) is 0. The topological polar surface area (TPSA) is 78.9 Å². The molecular formula is C56H104O6. The Morgan fingerprint density at radius 3 is 0.806 bits per heavy atom. The zero-order valence-electron chi connectivity index (χ0n) is 41.7. The van der Waals surface area contributed by atoms with E-state index >= 15 is 0 Å². The van der Waals surface area contributed by atoms with Crippen LogP contribution in [-0.2, 0) is 28.6 Å². The van der Waals surface area contributed by atoms with Gasteiger partial charge in [0.25, 0.3) is 0 Å². The van der Waals surface area contributed by atoms with Crippen LogP contribution in [0.1, 0.15) is 297 Å². The Balaban J connectivity index is 4.28. The second-order valence-electron chi connectivity index (χ2n) is 18.5. The number of carbonyl (C=O) groups is 3. The summed E-state index contributed by atoms with van der Waals surface area (Å²) in [6.07, 6.45) is 58.8. The van der Waals surface area contributed by atoms with Gasteiger partial charge in [0.05, 0.1) is 0 Å². The molecule has 1 unspecified atom stereocenters. The smallest absolute Gasteiger partial charge is 0.306 e. The molecule has 0 aromatic rings. The minimum atomic E-state index is -0.772. The fourth-order valence-corrected chi connectivity index (χ4v) is 8.02. The van der Waals surface area contributed by atoms with E-state index < -0.39 is 6.10 Å². The van der Waals surface area contributed by atoms with Crippen LogP contribution in [0.2, 0.25) is 0 Å². The van der Waals surface area contributed by atoms with E-state index in [-0.39, 0.29) is 31.1 Å². The van der Waals surface area contributed by atoms with Gasteiger partial charge in [-0.3, -0.25) is 14.4 Å². The molecule has 0 aromatic heterocycles. The molecule has 1 atom stereocenters. The molecule has 0 aliphatic carbocycles. The minimum absolute atomic E-state index is 0.0723. The predicted molar refractivity (Wildman–Crippen MR) is 266 cm³/mol. The number of hydrogen-bond donors (Lipinski definition) is 0. The zero-order chi connectivity index (χ0) is 45.1. The van der Waals surface area contributed by atoms with Crippen LogP contribution in [-0.4, -0.2) is 37.2 Å². The minimum Gasteiger partial charge on any atom is -0.462 e. The van der Waals surface area contributed by atoms with E-state index in [0.717, 1.165) is 64.2 Å². The first-order valence-electron chi connectivity index (χ1n) is 27.3. The molecule has 0 aliphatic heterocycles. The molecule has 0 aromatic carbocycles. The number of allylic oxidation sites excluding steroid dienone is 4. The van der Waals surface area contributed by atoms with E-state index in [2.05, 4.69) is 45.1 Å². The molecule has 0 aliphatic rings. The highest BCUT2D eigenvalue weighted by Crippen LogP contribution is 2.15. The highest BCUT2D eigenvalue weighted by atomic mass is 16.6. The molecular weight excluding hydrogens is 769 g/mol. The van der Waals surface area contributed by atoms with Crippen molar-refractivity contribution < 1.29 is 28.6 Å². The standard InChI is InChI=1S/C56H104O6/c1-4-7-10-13-16-19-21-23-25-27-29-30-32-34-37-40-43-46-49-55(58)61-52-53(51-60-54(57)48-45-42-39-36-18-15-12-9-6-3)62-56(59)50-47-44-41-38-35-33-31-28-26-24-22-20-17-14-11-8-5-2/h24,26,29-30,53H,4-23,25,27-28,31-52H2,1-3H3/b26-24-,30-29-. The first-order chi connectivity index (χ1) is 30.5. The van der Waals surface area contributed by atoms with Gasteiger partial charge in [0, 0.05) is 19.3 Å².